The van der Waals surface area contributed by atoms with E-state index in [9.17, 15) is 14.4 Å². The Balaban J connectivity index is 1.83. The van der Waals surface area contributed by atoms with Gasteiger partial charge in [0.15, 0.2) is 6.10 Å². The first-order valence-corrected chi connectivity index (χ1v) is 10.3. The lowest BCUT2D eigenvalue weighted by Gasteiger charge is -2.33. The molecule has 0 aromatic rings. The number of esters is 3. The van der Waals surface area contributed by atoms with Gasteiger partial charge in [-0.05, 0) is 23.5 Å². The Hall–Kier alpha value is -2.35. The third kappa shape index (κ3) is 4.86. The third-order valence-electron chi connectivity index (χ3n) is 5.23. The second-order valence-electron chi connectivity index (χ2n) is 8.87. The van der Waals surface area contributed by atoms with Crippen LogP contribution >= 0.6 is 0 Å². The zero-order valence-electron chi connectivity index (χ0n) is 18.1. The summed E-state index contributed by atoms with van der Waals surface area (Å²) in [6.45, 7) is 9.41. The normalized spacial score (nSPS) is 29.1. The van der Waals surface area contributed by atoms with Gasteiger partial charge in [-0.15, -0.1) is 0 Å². The molecule has 0 unspecified atom stereocenters. The zero-order valence-corrected chi connectivity index (χ0v) is 18.1. The van der Waals surface area contributed by atoms with Crippen LogP contribution in [-0.2, 0) is 38.1 Å². The highest BCUT2D eigenvalue weighted by molar-refractivity contribution is 5.71. The van der Waals surface area contributed by atoms with Crippen molar-refractivity contribution in [2.75, 3.05) is 13.2 Å². The van der Waals surface area contributed by atoms with E-state index >= 15 is 0 Å². The van der Waals surface area contributed by atoms with Crippen molar-refractivity contribution in [1.82, 2.24) is 0 Å². The molecule has 0 saturated carbocycles. The molecule has 2 aliphatic heterocycles. The van der Waals surface area contributed by atoms with E-state index in [1.807, 2.05) is 27.7 Å². The molecular formula is C22H30O8. The highest BCUT2D eigenvalue weighted by Gasteiger charge is 2.67. The molecule has 3 rings (SSSR count). The highest BCUT2D eigenvalue weighted by Crippen LogP contribution is 2.54. The number of rotatable bonds is 8. The van der Waals surface area contributed by atoms with Crippen molar-refractivity contribution in [1.29, 1.82) is 0 Å². The summed E-state index contributed by atoms with van der Waals surface area (Å²) in [5.41, 5.74) is 0.550. The van der Waals surface area contributed by atoms with E-state index in [0.29, 0.717) is 18.6 Å². The van der Waals surface area contributed by atoms with Crippen LogP contribution in [-0.4, -0.2) is 49.1 Å². The fourth-order valence-corrected chi connectivity index (χ4v) is 3.82. The molecule has 0 radical (unpaired) electrons. The summed E-state index contributed by atoms with van der Waals surface area (Å²) in [7, 11) is 0. The number of epoxide rings is 1. The van der Waals surface area contributed by atoms with E-state index in [1.54, 1.807) is 6.08 Å². The molecule has 0 aromatic carbocycles. The molecule has 0 N–H and O–H groups in total. The lowest BCUT2D eigenvalue weighted by molar-refractivity contribution is -0.186. The van der Waals surface area contributed by atoms with Crippen LogP contribution in [0, 0.1) is 17.8 Å². The molecule has 8 nitrogen and oxygen atoms in total. The van der Waals surface area contributed by atoms with Gasteiger partial charge in [-0.1, -0.05) is 27.7 Å². The number of hydrogen-bond donors (Lipinski definition) is 0. The molecule has 0 aromatic heterocycles. The van der Waals surface area contributed by atoms with Crippen molar-refractivity contribution >= 4 is 17.9 Å². The van der Waals surface area contributed by atoms with E-state index in [0.717, 1.165) is 5.57 Å². The average Bonchev–Trinajstić information content (AvgIpc) is 3.33. The van der Waals surface area contributed by atoms with Crippen LogP contribution in [0.15, 0.2) is 23.5 Å². The van der Waals surface area contributed by atoms with E-state index in [1.165, 1.54) is 13.2 Å². The summed E-state index contributed by atoms with van der Waals surface area (Å²) < 4.78 is 28.0. The topological polar surface area (TPSA) is 101 Å². The lowest BCUT2D eigenvalue weighted by atomic mass is 9.85. The monoisotopic (exact) mass is 422 g/mol. The standard InChI is InChI=1S/C22H30O8/c1-12(2)6-18(24)29-17-8-16-15(9-26-14(5)23)10-27-21(20(16)22(17)11-28-22)30-19(25)7-13(3)4/h8,10,12-13,17,20-21H,6-7,9,11H2,1-5H3/t17-,20+,21+,22-/m1/s1. The maximum absolute atomic E-state index is 12.3. The molecule has 1 fully saturated rings. The molecular weight excluding hydrogens is 392 g/mol. The molecule has 2 heterocycles. The summed E-state index contributed by atoms with van der Waals surface area (Å²) in [4.78, 5) is 35.9. The largest absolute Gasteiger partial charge is 0.461 e. The second-order valence-corrected chi connectivity index (χ2v) is 8.87. The lowest BCUT2D eigenvalue weighted by Crippen LogP contribution is -2.44. The maximum Gasteiger partial charge on any atom is 0.309 e. The molecule has 0 bridgehead atoms. The van der Waals surface area contributed by atoms with Crippen LogP contribution in [0.1, 0.15) is 47.5 Å². The molecule has 30 heavy (non-hydrogen) atoms. The van der Waals surface area contributed by atoms with Crippen molar-refractivity contribution < 1.29 is 38.1 Å². The molecule has 166 valence electrons. The van der Waals surface area contributed by atoms with Gasteiger partial charge in [0.1, 0.15) is 12.2 Å². The van der Waals surface area contributed by atoms with Crippen LogP contribution < -0.4 is 0 Å². The van der Waals surface area contributed by atoms with Crippen LogP contribution in [0.25, 0.3) is 0 Å². The van der Waals surface area contributed by atoms with Crippen molar-refractivity contribution in [2.24, 2.45) is 17.8 Å². The van der Waals surface area contributed by atoms with E-state index in [2.05, 4.69) is 0 Å². The Morgan fingerprint density at radius 1 is 1.10 bits per heavy atom. The van der Waals surface area contributed by atoms with E-state index in [-0.39, 0.29) is 36.8 Å². The molecule has 0 amide bonds. The minimum Gasteiger partial charge on any atom is -0.461 e. The summed E-state index contributed by atoms with van der Waals surface area (Å²) in [5, 5.41) is 0. The number of ether oxygens (including phenoxy) is 5. The van der Waals surface area contributed by atoms with Crippen molar-refractivity contribution in [3.63, 3.8) is 0 Å². The predicted octanol–water partition coefficient (Wildman–Crippen LogP) is 2.66. The SMILES string of the molecule is CC(=O)OCC1=CO[C@@H](OC(=O)CC(C)C)[C@@H]2C1=C[C@@H](OC(=O)CC(C)C)[C@]21CO1. The first-order valence-electron chi connectivity index (χ1n) is 10.3. The Morgan fingerprint density at radius 3 is 2.23 bits per heavy atom. The fourth-order valence-electron chi connectivity index (χ4n) is 3.82. The summed E-state index contributed by atoms with van der Waals surface area (Å²) >= 11 is 0. The number of carbonyl (C=O) groups excluding carboxylic acids is 3. The Bertz CT molecular complexity index is 759. The molecule has 1 spiro atoms. The first kappa shape index (κ1) is 22.3. The summed E-state index contributed by atoms with van der Waals surface area (Å²) in [6.07, 6.45) is 2.26. The van der Waals surface area contributed by atoms with Gasteiger partial charge in [-0.3, -0.25) is 14.4 Å². The third-order valence-corrected chi connectivity index (χ3v) is 5.23. The van der Waals surface area contributed by atoms with Crippen LogP contribution in [0.2, 0.25) is 0 Å². The molecule has 4 atom stereocenters. The van der Waals surface area contributed by atoms with Gasteiger partial charge in [-0.2, -0.15) is 0 Å². The summed E-state index contributed by atoms with van der Waals surface area (Å²) in [5.74, 6) is -1.28. The molecule has 1 aliphatic carbocycles. The van der Waals surface area contributed by atoms with E-state index < -0.39 is 29.9 Å². The first-order chi connectivity index (χ1) is 14.1. The van der Waals surface area contributed by atoms with E-state index in [4.69, 9.17) is 23.7 Å². The maximum atomic E-state index is 12.3. The summed E-state index contributed by atoms with van der Waals surface area (Å²) in [6, 6.07) is 0. The molecule has 8 heteroatoms. The van der Waals surface area contributed by atoms with Gasteiger partial charge in [0.2, 0.25) is 0 Å². The Kier molecular flexibility index (Phi) is 6.55. The van der Waals surface area contributed by atoms with Crippen molar-refractivity contribution in [2.45, 2.75) is 65.5 Å². The minimum atomic E-state index is -0.903. The van der Waals surface area contributed by atoms with Gasteiger partial charge in [-0.25, -0.2) is 0 Å². The Labute approximate surface area is 176 Å². The highest BCUT2D eigenvalue weighted by atomic mass is 16.7. The van der Waals surface area contributed by atoms with Gasteiger partial charge in [0, 0.05) is 25.3 Å². The van der Waals surface area contributed by atoms with Crippen molar-refractivity contribution in [3.05, 3.63) is 23.5 Å². The quantitative estimate of drug-likeness (QED) is 0.334. The molecule has 1 saturated heterocycles. The van der Waals surface area contributed by atoms with Crippen LogP contribution in [0.4, 0.5) is 0 Å². The van der Waals surface area contributed by atoms with Gasteiger partial charge < -0.3 is 23.7 Å². The Morgan fingerprint density at radius 2 is 1.70 bits per heavy atom. The number of hydrogen-bond acceptors (Lipinski definition) is 8. The molecule has 3 aliphatic rings. The average molecular weight is 422 g/mol. The number of fused-ring (bicyclic) bond motifs is 2. The minimum absolute atomic E-state index is 0.00701. The van der Waals surface area contributed by atoms with Crippen LogP contribution in [0.3, 0.4) is 0 Å². The predicted molar refractivity (Wildman–Crippen MR) is 105 cm³/mol. The fraction of sp³-hybridized carbons (Fsp3) is 0.682. The van der Waals surface area contributed by atoms with Gasteiger partial charge in [0.25, 0.3) is 6.29 Å². The second kappa shape index (κ2) is 8.79. The van der Waals surface area contributed by atoms with Gasteiger partial charge in [0.05, 0.1) is 18.8 Å². The smallest absolute Gasteiger partial charge is 0.309 e. The van der Waals surface area contributed by atoms with Crippen LogP contribution in [0.5, 0.6) is 0 Å². The zero-order chi connectivity index (χ0) is 22.1. The van der Waals surface area contributed by atoms with Gasteiger partial charge >= 0.3 is 17.9 Å². The van der Waals surface area contributed by atoms with Crippen molar-refractivity contribution in [3.8, 4) is 0 Å². The number of carbonyl (C=O) groups is 3.